The van der Waals surface area contributed by atoms with Gasteiger partial charge in [-0.15, -0.1) is 0 Å². The molecule has 0 bridgehead atoms. The van der Waals surface area contributed by atoms with E-state index in [-0.39, 0.29) is 25.2 Å². The third-order valence-electron chi connectivity index (χ3n) is 11.1. The van der Waals surface area contributed by atoms with Crippen molar-refractivity contribution in [3.05, 3.63) is 97.2 Å². The molecule has 0 saturated carbocycles. The molecule has 0 aliphatic rings. The minimum absolute atomic E-state index is 0.0700. The lowest BCUT2D eigenvalue weighted by Crippen LogP contribution is -2.30. The Morgan fingerprint density at radius 1 is 0.359 bits per heavy atom. The van der Waals surface area contributed by atoms with Crippen LogP contribution in [0.15, 0.2) is 97.2 Å². The zero-order valence-corrected chi connectivity index (χ0v) is 42.0. The first kappa shape index (κ1) is 60.8. The van der Waals surface area contributed by atoms with E-state index >= 15 is 0 Å². The maximum atomic E-state index is 12.8. The number of carbonyl (C=O) groups is 2. The normalized spacial score (nSPS) is 13.0. The van der Waals surface area contributed by atoms with Crippen LogP contribution < -0.4 is 0 Å². The summed E-state index contributed by atoms with van der Waals surface area (Å²) in [5.41, 5.74) is 0. The molecular weight excluding hydrogens is 789 g/mol. The summed E-state index contributed by atoms with van der Waals surface area (Å²) in [6.45, 7) is 7.55. The first-order valence-corrected chi connectivity index (χ1v) is 26.8. The van der Waals surface area contributed by atoms with E-state index in [1.165, 1.54) is 103 Å². The topological polar surface area (TPSA) is 61.8 Å². The van der Waals surface area contributed by atoms with Gasteiger partial charge in [0, 0.05) is 19.4 Å². The maximum Gasteiger partial charge on any atom is 0.306 e. The molecule has 1 atom stereocenters. The highest BCUT2D eigenvalue weighted by molar-refractivity contribution is 5.70. The summed E-state index contributed by atoms with van der Waals surface area (Å²) in [5, 5.41) is 0. The van der Waals surface area contributed by atoms with Crippen LogP contribution in [0.4, 0.5) is 0 Å². The van der Waals surface area contributed by atoms with Crippen LogP contribution in [0, 0.1) is 0 Å². The fourth-order valence-electron chi connectivity index (χ4n) is 7.20. The van der Waals surface area contributed by atoms with Gasteiger partial charge < -0.3 is 14.2 Å². The van der Waals surface area contributed by atoms with Crippen molar-refractivity contribution in [1.29, 1.82) is 0 Å². The predicted octanol–water partition coefficient (Wildman–Crippen LogP) is 18.2. The van der Waals surface area contributed by atoms with Crippen LogP contribution >= 0.6 is 0 Å². The summed E-state index contributed by atoms with van der Waals surface area (Å²) in [5.74, 6) is -0.422. The van der Waals surface area contributed by atoms with Gasteiger partial charge in [0.2, 0.25) is 0 Å². The van der Waals surface area contributed by atoms with Gasteiger partial charge in [-0.3, -0.25) is 9.59 Å². The van der Waals surface area contributed by atoms with Crippen molar-refractivity contribution in [1.82, 2.24) is 0 Å². The average molecular weight is 889 g/mol. The molecule has 0 spiro atoms. The second kappa shape index (κ2) is 54.2. The van der Waals surface area contributed by atoms with E-state index in [0.717, 1.165) is 103 Å². The molecule has 0 aromatic carbocycles. The van der Waals surface area contributed by atoms with Gasteiger partial charge in [-0.1, -0.05) is 227 Å². The number of unbranched alkanes of at least 4 members (excludes halogenated alkanes) is 21. The Hall–Kier alpha value is -3.18. The first-order valence-electron chi connectivity index (χ1n) is 26.8. The molecule has 64 heavy (non-hydrogen) atoms. The monoisotopic (exact) mass is 889 g/mol. The fraction of sp³-hybridized carbons (Fsp3) is 0.695. The highest BCUT2D eigenvalue weighted by Gasteiger charge is 2.17. The van der Waals surface area contributed by atoms with E-state index in [0.29, 0.717) is 19.4 Å². The number of hydrogen-bond donors (Lipinski definition) is 0. The van der Waals surface area contributed by atoms with Gasteiger partial charge in [0.25, 0.3) is 0 Å². The molecule has 0 rings (SSSR count). The molecular formula is C59H100O5. The Kier molecular flexibility index (Phi) is 51.5. The molecule has 5 heteroatoms. The van der Waals surface area contributed by atoms with E-state index in [1.807, 2.05) is 0 Å². The van der Waals surface area contributed by atoms with Crippen LogP contribution in [0.5, 0.6) is 0 Å². The lowest BCUT2D eigenvalue weighted by atomic mass is 10.1. The lowest BCUT2D eigenvalue weighted by Gasteiger charge is -2.18. The third-order valence-corrected chi connectivity index (χ3v) is 11.1. The minimum atomic E-state index is -0.551. The van der Waals surface area contributed by atoms with E-state index < -0.39 is 6.10 Å². The van der Waals surface area contributed by atoms with Crippen molar-refractivity contribution >= 4 is 11.9 Å². The largest absolute Gasteiger partial charge is 0.462 e. The van der Waals surface area contributed by atoms with Crippen LogP contribution in [0.1, 0.15) is 239 Å². The van der Waals surface area contributed by atoms with Crippen LogP contribution in [0.3, 0.4) is 0 Å². The molecule has 0 radical (unpaired) electrons. The second-order valence-corrected chi connectivity index (χ2v) is 17.4. The summed E-state index contributed by atoms with van der Waals surface area (Å²) in [7, 11) is 0. The molecule has 0 aromatic heterocycles. The molecule has 0 fully saturated rings. The van der Waals surface area contributed by atoms with Crippen molar-refractivity contribution in [2.24, 2.45) is 0 Å². The van der Waals surface area contributed by atoms with Gasteiger partial charge in [0.05, 0.1) is 6.61 Å². The number of rotatable bonds is 48. The first-order chi connectivity index (χ1) is 31.6. The minimum Gasteiger partial charge on any atom is -0.462 e. The molecule has 366 valence electrons. The Bertz CT molecular complexity index is 1230. The average Bonchev–Trinajstić information content (AvgIpc) is 3.30. The van der Waals surface area contributed by atoms with Gasteiger partial charge in [-0.2, -0.15) is 0 Å². The van der Waals surface area contributed by atoms with E-state index in [9.17, 15) is 9.59 Å². The maximum absolute atomic E-state index is 12.8. The molecule has 0 aliphatic carbocycles. The molecule has 0 N–H and O–H groups in total. The van der Waals surface area contributed by atoms with Gasteiger partial charge in [-0.05, 0) is 96.3 Å². The Labute approximate surface area is 396 Å². The summed E-state index contributed by atoms with van der Waals surface area (Å²) in [4.78, 5) is 25.4. The number of allylic oxidation sites excluding steroid dienone is 16. The van der Waals surface area contributed by atoms with E-state index in [2.05, 4.69) is 118 Å². The number of hydrogen-bond acceptors (Lipinski definition) is 5. The van der Waals surface area contributed by atoms with E-state index in [1.54, 1.807) is 0 Å². The molecule has 0 aliphatic heterocycles. The molecule has 1 unspecified atom stereocenters. The fourth-order valence-corrected chi connectivity index (χ4v) is 7.20. The van der Waals surface area contributed by atoms with Gasteiger partial charge in [0.1, 0.15) is 6.61 Å². The van der Waals surface area contributed by atoms with Crippen molar-refractivity contribution in [3.8, 4) is 0 Å². The highest BCUT2D eigenvalue weighted by atomic mass is 16.6. The van der Waals surface area contributed by atoms with Crippen LogP contribution in [0.2, 0.25) is 0 Å². The smallest absolute Gasteiger partial charge is 0.306 e. The predicted molar refractivity (Wildman–Crippen MR) is 279 cm³/mol. The van der Waals surface area contributed by atoms with Crippen molar-refractivity contribution < 1.29 is 23.8 Å². The second-order valence-electron chi connectivity index (χ2n) is 17.4. The third kappa shape index (κ3) is 51.5. The zero-order valence-electron chi connectivity index (χ0n) is 42.0. The van der Waals surface area contributed by atoms with E-state index in [4.69, 9.17) is 14.2 Å². The quantitative estimate of drug-likeness (QED) is 0.0346. The summed E-state index contributed by atoms with van der Waals surface area (Å²) < 4.78 is 17.4. The molecule has 0 heterocycles. The summed E-state index contributed by atoms with van der Waals surface area (Å²) in [6.07, 6.45) is 72.8. The SMILES string of the molecule is CC/C=C\C/C=C\C/C=C\C/C=C\CCCCCCCCCOCC(COC(=O)CCCCCCCC/C=C\C/C=C\C/C=C\C/C=C\CC)OC(=O)CCCCCCCCCCC. The number of ether oxygens (including phenoxy) is 3. The van der Waals surface area contributed by atoms with Crippen molar-refractivity contribution in [2.75, 3.05) is 19.8 Å². The molecule has 0 aromatic rings. The highest BCUT2D eigenvalue weighted by Crippen LogP contribution is 2.14. The van der Waals surface area contributed by atoms with Gasteiger partial charge >= 0.3 is 11.9 Å². The van der Waals surface area contributed by atoms with Crippen LogP contribution in [-0.4, -0.2) is 37.9 Å². The summed E-state index contributed by atoms with van der Waals surface area (Å²) in [6, 6.07) is 0. The number of esters is 2. The molecule has 5 nitrogen and oxygen atoms in total. The number of carbonyl (C=O) groups excluding carboxylic acids is 2. The Morgan fingerprint density at radius 2 is 0.703 bits per heavy atom. The van der Waals surface area contributed by atoms with Crippen LogP contribution in [-0.2, 0) is 23.8 Å². The van der Waals surface area contributed by atoms with Gasteiger partial charge in [0.15, 0.2) is 6.10 Å². The zero-order chi connectivity index (χ0) is 46.3. The Morgan fingerprint density at radius 3 is 1.12 bits per heavy atom. The summed E-state index contributed by atoms with van der Waals surface area (Å²) >= 11 is 0. The lowest BCUT2D eigenvalue weighted by molar-refractivity contribution is -0.163. The Balaban J connectivity index is 4.23. The van der Waals surface area contributed by atoms with Gasteiger partial charge in [-0.25, -0.2) is 0 Å². The van der Waals surface area contributed by atoms with Crippen molar-refractivity contribution in [2.45, 2.75) is 245 Å². The molecule has 0 amide bonds. The standard InChI is InChI=1S/C59H100O5/c1-4-7-10-13-16-19-21-23-25-27-29-31-33-35-37-39-42-45-48-51-54-62-55-57(64-59(61)53-50-47-44-40-18-15-12-9-6-3)56-63-58(60)52-49-46-43-41-38-36-34-32-30-28-26-24-22-20-17-14-11-8-5-2/h7-8,10-11,16-17,19-20,23-26,29-32,57H,4-6,9,12-15,18,21-22,27-28,33-56H2,1-3H3/b10-7-,11-8-,19-16-,20-17-,25-23-,26-24-,31-29-,32-30-. The molecule has 0 saturated heterocycles. The van der Waals surface area contributed by atoms with Crippen molar-refractivity contribution in [3.63, 3.8) is 0 Å². The van der Waals surface area contributed by atoms with Crippen LogP contribution in [0.25, 0.3) is 0 Å².